The van der Waals surface area contributed by atoms with Crippen LogP contribution in [-0.4, -0.2) is 11.1 Å². The summed E-state index contributed by atoms with van der Waals surface area (Å²) in [5.74, 6) is 0.725. The van der Waals surface area contributed by atoms with Crippen molar-refractivity contribution >= 4 is 0 Å². The van der Waals surface area contributed by atoms with Crippen molar-refractivity contribution in [2.45, 2.75) is 45.9 Å². The Morgan fingerprint density at radius 3 is 2.52 bits per heavy atom. The molecule has 0 radical (unpaired) electrons. The molecule has 0 fully saturated rings. The number of ether oxygens (including phenoxy) is 1. The Bertz CT molecular complexity index is 540. The number of hydrogen-bond acceptors (Lipinski definition) is 3. The Balaban J connectivity index is 2.05. The fraction of sp³-hybridized carbons (Fsp3) is 0.389. The van der Waals surface area contributed by atoms with Gasteiger partial charge in [-0.25, -0.2) is 4.98 Å². The van der Waals surface area contributed by atoms with Gasteiger partial charge in [-0.1, -0.05) is 43.3 Å². The van der Waals surface area contributed by atoms with Crippen LogP contribution >= 0.6 is 0 Å². The minimum Gasteiger partial charge on any atom is -0.475 e. The SMILES string of the molecule is CCC(NCc1cccnc1OC(C)C)c1ccccc1. The number of rotatable bonds is 7. The maximum Gasteiger partial charge on any atom is 0.218 e. The van der Waals surface area contributed by atoms with Gasteiger partial charge in [-0.05, 0) is 31.9 Å². The molecule has 0 aliphatic rings. The molecule has 0 amide bonds. The van der Waals surface area contributed by atoms with Crippen molar-refractivity contribution in [3.05, 3.63) is 59.8 Å². The largest absolute Gasteiger partial charge is 0.475 e. The molecular weight excluding hydrogens is 260 g/mol. The number of hydrogen-bond donors (Lipinski definition) is 1. The first-order valence-electron chi connectivity index (χ1n) is 7.59. The Morgan fingerprint density at radius 2 is 1.86 bits per heavy atom. The first kappa shape index (κ1) is 15.5. The van der Waals surface area contributed by atoms with Crippen molar-refractivity contribution < 1.29 is 4.74 Å². The van der Waals surface area contributed by atoms with Crippen LogP contribution in [0.3, 0.4) is 0 Å². The van der Waals surface area contributed by atoms with E-state index in [1.165, 1.54) is 5.56 Å². The predicted octanol–water partition coefficient (Wildman–Crippen LogP) is 4.11. The molecule has 0 bridgehead atoms. The van der Waals surface area contributed by atoms with Gasteiger partial charge in [0.2, 0.25) is 5.88 Å². The second-order valence-corrected chi connectivity index (χ2v) is 5.39. The minimum absolute atomic E-state index is 0.134. The van der Waals surface area contributed by atoms with E-state index in [-0.39, 0.29) is 6.10 Å². The molecule has 3 nitrogen and oxygen atoms in total. The molecule has 0 aliphatic heterocycles. The topological polar surface area (TPSA) is 34.2 Å². The zero-order valence-corrected chi connectivity index (χ0v) is 13.0. The molecule has 1 atom stereocenters. The van der Waals surface area contributed by atoms with Crippen molar-refractivity contribution in [1.29, 1.82) is 0 Å². The lowest BCUT2D eigenvalue weighted by molar-refractivity contribution is 0.229. The highest BCUT2D eigenvalue weighted by Crippen LogP contribution is 2.20. The fourth-order valence-corrected chi connectivity index (χ4v) is 2.30. The predicted molar refractivity (Wildman–Crippen MR) is 86.3 cm³/mol. The average Bonchev–Trinajstić information content (AvgIpc) is 2.50. The second-order valence-electron chi connectivity index (χ2n) is 5.39. The number of nitrogens with one attached hydrogen (secondary N) is 1. The maximum absolute atomic E-state index is 5.77. The summed E-state index contributed by atoms with van der Waals surface area (Å²) in [5.41, 5.74) is 2.41. The van der Waals surface area contributed by atoms with E-state index >= 15 is 0 Å². The van der Waals surface area contributed by atoms with Gasteiger partial charge < -0.3 is 10.1 Å². The number of benzene rings is 1. The van der Waals surface area contributed by atoms with Crippen LogP contribution in [0.25, 0.3) is 0 Å². The first-order chi connectivity index (χ1) is 10.2. The molecule has 0 saturated carbocycles. The number of nitrogens with zero attached hydrogens (tertiary/aromatic N) is 1. The summed E-state index contributed by atoms with van der Waals surface area (Å²) in [7, 11) is 0. The van der Waals surface area contributed by atoms with E-state index in [1.54, 1.807) is 6.20 Å². The quantitative estimate of drug-likeness (QED) is 0.831. The van der Waals surface area contributed by atoms with Gasteiger partial charge in [0.25, 0.3) is 0 Å². The first-order valence-corrected chi connectivity index (χ1v) is 7.59. The number of pyridine rings is 1. The monoisotopic (exact) mass is 284 g/mol. The van der Waals surface area contributed by atoms with Gasteiger partial charge >= 0.3 is 0 Å². The zero-order chi connectivity index (χ0) is 15.1. The molecule has 1 aromatic heterocycles. The van der Waals surface area contributed by atoms with Crippen LogP contribution in [0.1, 0.15) is 44.4 Å². The van der Waals surface area contributed by atoms with E-state index in [0.717, 1.165) is 24.4 Å². The fourth-order valence-electron chi connectivity index (χ4n) is 2.30. The van der Waals surface area contributed by atoms with E-state index in [2.05, 4.69) is 47.6 Å². The summed E-state index contributed by atoms with van der Waals surface area (Å²) in [6.07, 6.45) is 2.95. The van der Waals surface area contributed by atoms with E-state index in [9.17, 15) is 0 Å². The molecule has 1 N–H and O–H groups in total. The molecule has 1 heterocycles. The molecule has 2 aromatic rings. The Hall–Kier alpha value is -1.87. The van der Waals surface area contributed by atoms with E-state index in [0.29, 0.717) is 6.04 Å². The Morgan fingerprint density at radius 1 is 1.10 bits per heavy atom. The zero-order valence-electron chi connectivity index (χ0n) is 13.0. The lowest BCUT2D eigenvalue weighted by Gasteiger charge is -2.19. The van der Waals surface area contributed by atoms with Gasteiger partial charge in [0, 0.05) is 24.3 Å². The van der Waals surface area contributed by atoms with Gasteiger partial charge in [0.05, 0.1) is 6.10 Å². The lowest BCUT2D eigenvalue weighted by atomic mass is 10.0. The summed E-state index contributed by atoms with van der Waals surface area (Å²) in [6, 6.07) is 14.9. The summed E-state index contributed by atoms with van der Waals surface area (Å²) in [5, 5.41) is 3.60. The third-order valence-electron chi connectivity index (χ3n) is 3.35. The van der Waals surface area contributed by atoms with Crippen molar-refractivity contribution in [3.63, 3.8) is 0 Å². The number of aromatic nitrogens is 1. The molecule has 1 unspecified atom stereocenters. The highest BCUT2D eigenvalue weighted by molar-refractivity contribution is 5.26. The van der Waals surface area contributed by atoms with Gasteiger partial charge in [0.15, 0.2) is 0 Å². The third-order valence-corrected chi connectivity index (χ3v) is 3.35. The van der Waals surface area contributed by atoms with Crippen LogP contribution in [0.4, 0.5) is 0 Å². The van der Waals surface area contributed by atoms with E-state index in [1.807, 2.05) is 26.0 Å². The van der Waals surface area contributed by atoms with Crippen LogP contribution in [0, 0.1) is 0 Å². The summed E-state index contributed by atoms with van der Waals surface area (Å²) < 4.78 is 5.77. The van der Waals surface area contributed by atoms with Gasteiger partial charge in [-0.3, -0.25) is 0 Å². The smallest absolute Gasteiger partial charge is 0.218 e. The molecule has 1 aromatic carbocycles. The van der Waals surface area contributed by atoms with Crippen LogP contribution < -0.4 is 10.1 Å². The minimum atomic E-state index is 0.134. The molecule has 0 aliphatic carbocycles. The standard InChI is InChI=1S/C18H24N2O/c1-4-17(15-9-6-5-7-10-15)20-13-16-11-8-12-19-18(16)21-14(2)3/h5-12,14,17,20H,4,13H2,1-3H3. The Kier molecular flexibility index (Phi) is 5.76. The molecule has 21 heavy (non-hydrogen) atoms. The Labute approximate surface area is 127 Å². The normalized spacial score (nSPS) is 12.4. The molecular formula is C18H24N2O. The maximum atomic E-state index is 5.77. The van der Waals surface area contributed by atoms with Crippen LogP contribution in [0.5, 0.6) is 5.88 Å². The van der Waals surface area contributed by atoms with Crippen molar-refractivity contribution in [1.82, 2.24) is 10.3 Å². The lowest BCUT2D eigenvalue weighted by Crippen LogP contribution is -2.21. The average molecular weight is 284 g/mol. The van der Waals surface area contributed by atoms with Gasteiger partial charge in [-0.2, -0.15) is 0 Å². The van der Waals surface area contributed by atoms with Gasteiger partial charge in [0.1, 0.15) is 0 Å². The van der Waals surface area contributed by atoms with E-state index < -0.39 is 0 Å². The molecule has 112 valence electrons. The van der Waals surface area contributed by atoms with Crippen molar-refractivity contribution in [2.75, 3.05) is 0 Å². The molecule has 3 heteroatoms. The molecule has 0 saturated heterocycles. The van der Waals surface area contributed by atoms with Crippen LogP contribution in [-0.2, 0) is 6.54 Å². The molecule has 0 spiro atoms. The molecule has 2 rings (SSSR count). The van der Waals surface area contributed by atoms with Crippen molar-refractivity contribution in [3.8, 4) is 5.88 Å². The summed E-state index contributed by atoms with van der Waals surface area (Å²) in [4.78, 5) is 4.33. The van der Waals surface area contributed by atoms with Gasteiger partial charge in [-0.15, -0.1) is 0 Å². The summed E-state index contributed by atoms with van der Waals surface area (Å²) >= 11 is 0. The van der Waals surface area contributed by atoms with Crippen molar-refractivity contribution in [2.24, 2.45) is 0 Å². The summed E-state index contributed by atoms with van der Waals surface area (Å²) in [6.45, 7) is 6.98. The second kappa shape index (κ2) is 7.79. The third kappa shape index (κ3) is 4.57. The highest BCUT2D eigenvalue weighted by atomic mass is 16.5. The van der Waals surface area contributed by atoms with Crippen LogP contribution in [0.2, 0.25) is 0 Å². The van der Waals surface area contributed by atoms with Crippen LogP contribution in [0.15, 0.2) is 48.7 Å². The highest BCUT2D eigenvalue weighted by Gasteiger charge is 2.11. The van der Waals surface area contributed by atoms with E-state index in [4.69, 9.17) is 4.74 Å².